The smallest absolute Gasteiger partial charge is 0.426 e. The Balaban J connectivity index is 0.000000213. The van der Waals surface area contributed by atoms with Crippen LogP contribution in [0, 0.1) is 3.57 Å². The maximum absolute atomic E-state index is 12.8. The van der Waals surface area contributed by atoms with Gasteiger partial charge < -0.3 is 14.0 Å². The van der Waals surface area contributed by atoms with Gasteiger partial charge in [0.15, 0.2) is 14.3 Å². The molecule has 4 aromatic carbocycles. The van der Waals surface area contributed by atoms with Gasteiger partial charge in [0.05, 0.1) is 25.0 Å². The lowest BCUT2D eigenvalue weighted by molar-refractivity contribution is -0.197. The fraction of sp³-hybridized carbons (Fsp3) is 0.125. The first kappa shape index (κ1) is 34.1. The number of esters is 2. The molecule has 0 bridgehead atoms. The van der Waals surface area contributed by atoms with Gasteiger partial charge in [0, 0.05) is 26.8 Å². The zero-order valence-corrected chi connectivity index (χ0v) is 27.2. The van der Waals surface area contributed by atoms with Crippen molar-refractivity contribution in [3.63, 3.8) is 0 Å². The number of carbonyl (C=O) groups is 2. The largest absolute Gasteiger partial charge is 0.748 e. The number of halogens is 4. The number of fused-ring (bicyclic) bond motifs is 3. The third-order valence-electron chi connectivity index (χ3n) is 6.17. The second-order valence-corrected chi connectivity index (χ2v) is 14.2. The number of thiophene rings is 1. The monoisotopic (exact) mass is 768 g/mol. The molecule has 5 aromatic rings. The molecule has 5 rings (SSSR count). The van der Waals surface area contributed by atoms with Crippen molar-refractivity contribution in [2.45, 2.75) is 19.2 Å². The standard InChI is InChI=1S/C18H13S.C14H12F3IO7S/c1-2-8-14(9-3-1)19-17-12-6-4-10-15(17)16-11-5-7-13-18(16)19;1-7(2)12(19)24-10-5-8(3-4-9(10)18)13(20)25-11(14(15,16)17)6-26(21,22)23/h1-13H;3-5,11H,1,6H2,2H3,(H,21,22,23)/q+1;/p-1. The molecule has 0 amide bonds. The van der Waals surface area contributed by atoms with Gasteiger partial charge in [-0.2, -0.15) is 13.2 Å². The van der Waals surface area contributed by atoms with Crippen molar-refractivity contribution < 1.29 is 45.2 Å². The molecule has 0 saturated carbocycles. The minimum Gasteiger partial charge on any atom is -0.748 e. The third kappa shape index (κ3) is 8.69. The summed E-state index contributed by atoms with van der Waals surface area (Å²) in [5.41, 5.74) is -0.390. The first-order valence-electron chi connectivity index (χ1n) is 13.0. The summed E-state index contributed by atoms with van der Waals surface area (Å²) >= 11 is 1.75. The van der Waals surface area contributed by atoms with Gasteiger partial charge in [-0.3, -0.25) is 0 Å². The van der Waals surface area contributed by atoms with Crippen LogP contribution in [0.4, 0.5) is 13.2 Å². The maximum Gasteiger partial charge on any atom is 0.426 e. The topological polar surface area (TPSA) is 110 Å². The van der Waals surface area contributed by atoms with Gasteiger partial charge in [0.2, 0.25) is 6.10 Å². The fourth-order valence-corrected chi connectivity index (χ4v) is 7.61. The number of ether oxygens (including phenoxy) is 2. The molecule has 45 heavy (non-hydrogen) atoms. The van der Waals surface area contributed by atoms with Crippen molar-refractivity contribution in [1.29, 1.82) is 0 Å². The van der Waals surface area contributed by atoms with Gasteiger partial charge in [-0.25, -0.2) is 18.0 Å². The second kappa shape index (κ2) is 14.1. The van der Waals surface area contributed by atoms with E-state index in [9.17, 15) is 35.7 Å². The molecule has 0 fully saturated rings. The summed E-state index contributed by atoms with van der Waals surface area (Å²) in [4.78, 5) is 24.8. The van der Waals surface area contributed by atoms with Crippen LogP contribution in [-0.4, -0.2) is 42.9 Å². The highest BCUT2D eigenvalue weighted by Gasteiger charge is 2.44. The summed E-state index contributed by atoms with van der Waals surface area (Å²) in [6, 6.07) is 31.7. The first-order valence-corrected chi connectivity index (χ1v) is 16.9. The van der Waals surface area contributed by atoms with Crippen LogP contribution in [0.25, 0.3) is 25.1 Å². The molecule has 0 spiro atoms. The van der Waals surface area contributed by atoms with Gasteiger partial charge in [0.25, 0.3) is 0 Å². The van der Waals surface area contributed by atoms with Crippen LogP contribution in [0.2, 0.25) is 0 Å². The molecule has 1 heterocycles. The zero-order valence-electron chi connectivity index (χ0n) is 23.4. The van der Waals surface area contributed by atoms with Crippen LogP contribution in [0.1, 0.15) is 17.3 Å². The summed E-state index contributed by atoms with van der Waals surface area (Å²) in [6.45, 7) is 4.72. The predicted molar refractivity (Wildman–Crippen MR) is 175 cm³/mol. The van der Waals surface area contributed by atoms with Crippen molar-refractivity contribution in [2.75, 3.05) is 5.75 Å². The van der Waals surface area contributed by atoms with E-state index in [0.717, 1.165) is 12.1 Å². The number of hydrogen-bond donors (Lipinski definition) is 0. The Morgan fingerprint density at radius 3 is 1.96 bits per heavy atom. The van der Waals surface area contributed by atoms with Gasteiger partial charge in [-0.05, 0) is 84.1 Å². The van der Waals surface area contributed by atoms with E-state index >= 15 is 0 Å². The third-order valence-corrected chi connectivity index (χ3v) is 10.1. The van der Waals surface area contributed by atoms with Gasteiger partial charge in [-0.1, -0.05) is 49.0 Å². The highest BCUT2D eigenvalue weighted by Crippen LogP contribution is 2.47. The number of carbonyl (C=O) groups excluding carboxylic acids is 2. The van der Waals surface area contributed by atoms with Crippen LogP contribution in [0.3, 0.4) is 0 Å². The van der Waals surface area contributed by atoms with Crippen LogP contribution in [0.15, 0.2) is 109 Å². The summed E-state index contributed by atoms with van der Waals surface area (Å²) < 4.78 is 82.4. The molecular weight excluding hydrogens is 744 g/mol. The van der Waals surface area contributed by atoms with Crippen molar-refractivity contribution >= 4 is 75.3 Å². The Hall–Kier alpha value is -3.79. The molecular formula is C32H24F3IO7S2. The fourth-order valence-electron chi connectivity index (χ4n) is 4.14. The normalized spacial score (nSPS) is 12.2. The number of rotatable bonds is 7. The van der Waals surface area contributed by atoms with E-state index in [1.807, 2.05) is 0 Å². The molecule has 234 valence electrons. The Morgan fingerprint density at radius 2 is 1.44 bits per heavy atom. The minimum absolute atomic E-state index is 0.0477. The predicted octanol–water partition coefficient (Wildman–Crippen LogP) is 8.14. The second-order valence-electron chi connectivity index (χ2n) is 9.59. The van der Waals surface area contributed by atoms with E-state index < -0.39 is 45.7 Å². The van der Waals surface area contributed by atoms with Crippen molar-refractivity contribution in [3.8, 4) is 10.6 Å². The Morgan fingerprint density at radius 1 is 0.911 bits per heavy atom. The van der Waals surface area contributed by atoms with Crippen LogP contribution >= 0.6 is 33.1 Å². The summed E-state index contributed by atoms with van der Waals surface area (Å²) in [5.74, 6) is -4.45. The molecule has 0 N–H and O–H groups in total. The Bertz CT molecular complexity index is 1940. The van der Waals surface area contributed by atoms with Crippen molar-refractivity contribution in [1.82, 2.24) is 0 Å². The van der Waals surface area contributed by atoms with E-state index in [1.165, 1.54) is 38.1 Å². The minimum atomic E-state index is -5.30. The lowest BCUT2D eigenvalue weighted by Gasteiger charge is -2.22. The van der Waals surface area contributed by atoms with E-state index in [-0.39, 0.29) is 21.8 Å². The average Bonchev–Trinajstić information content (AvgIpc) is 3.32. The SMILES string of the molecule is C=C(C)C(=O)Oc1cc(C(=O)OC(CS(=O)(=O)[O-])C(F)(F)F)ccc1I.c1ccc(-[s+]2c3ccccc3c3ccccc32)cc1. The summed E-state index contributed by atoms with van der Waals surface area (Å²) in [6.07, 6.45) is -8.39. The Kier molecular flexibility index (Phi) is 10.7. The average molecular weight is 769 g/mol. The lowest BCUT2D eigenvalue weighted by Crippen LogP contribution is -2.39. The van der Waals surface area contributed by atoms with E-state index in [2.05, 4.69) is 90.2 Å². The van der Waals surface area contributed by atoms with Gasteiger partial charge in [0.1, 0.15) is 5.75 Å². The molecule has 13 heteroatoms. The molecule has 1 atom stereocenters. The molecule has 1 aromatic heterocycles. The van der Waals surface area contributed by atoms with Gasteiger partial charge >= 0.3 is 18.1 Å². The number of benzene rings is 4. The van der Waals surface area contributed by atoms with E-state index in [0.29, 0.717) is 3.57 Å². The molecule has 0 radical (unpaired) electrons. The molecule has 0 aliphatic rings. The Labute approximate surface area is 273 Å². The highest BCUT2D eigenvalue weighted by molar-refractivity contribution is 14.1. The maximum atomic E-state index is 12.8. The molecule has 0 aliphatic carbocycles. The van der Waals surface area contributed by atoms with Crippen molar-refractivity contribution in [3.05, 3.63) is 118 Å². The van der Waals surface area contributed by atoms with Gasteiger partial charge in [-0.15, -0.1) is 0 Å². The van der Waals surface area contributed by atoms with Crippen molar-refractivity contribution in [2.24, 2.45) is 0 Å². The van der Waals surface area contributed by atoms with E-state index in [4.69, 9.17) is 4.74 Å². The van der Waals surface area contributed by atoms with Crippen LogP contribution in [0.5, 0.6) is 5.75 Å². The molecule has 1 unspecified atom stereocenters. The first-order chi connectivity index (χ1) is 21.2. The molecule has 0 saturated heterocycles. The number of alkyl halides is 3. The number of hydrogen-bond acceptors (Lipinski definition) is 7. The van der Waals surface area contributed by atoms with Crippen LogP contribution in [-0.2, 0) is 19.6 Å². The highest BCUT2D eigenvalue weighted by atomic mass is 127. The zero-order chi connectivity index (χ0) is 32.9. The molecule has 7 nitrogen and oxygen atoms in total. The van der Waals surface area contributed by atoms with E-state index in [1.54, 1.807) is 22.6 Å². The summed E-state index contributed by atoms with van der Waals surface area (Å²) in [7, 11) is -5.24. The quantitative estimate of drug-likeness (QED) is 0.0411. The summed E-state index contributed by atoms with van der Waals surface area (Å²) in [5, 5.41) is 2.79. The lowest BCUT2D eigenvalue weighted by atomic mass is 10.2. The van der Waals surface area contributed by atoms with Crippen LogP contribution < -0.4 is 4.74 Å². The molecule has 0 aliphatic heterocycles.